The number of hydrogen-bond acceptors (Lipinski definition) is 11. The van der Waals surface area contributed by atoms with Crippen LogP contribution in [-0.4, -0.2) is 71.8 Å². The van der Waals surface area contributed by atoms with Crippen molar-refractivity contribution in [2.45, 2.75) is 104 Å². The van der Waals surface area contributed by atoms with E-state index < -0.39 is 12.1 Å². The minimum absolute atomic E-state index is 0.0783. The number of allylic oxidation sites excluding steroid dienone is 1. The lowest BCUT2D eigenvalue weighted by Gasteiger charge is -2.58. The average molecular weight is 843 g/mol. The van der Waals surface area contributed by atoms with E-state index in [9.17, 15) is 15.0 Å². The fourth-order valence-corrected chi connectivity index (χ4v) is 10.9. The van der Waals surface area contributed by atoms with Gasteiger partial charge in [0.15, 0.2) is 0 Å². The van der Waals surface area contributed by atoms with Crippen molar-refractivity contribution in [2.75, 3.05) is 38.0 Å². The van der Waals surface area contributed by atoms with Crippen LogP contribution in [0.5, 0.6) is 17.2 Å². The number of fused-ring (bicyclic) bond motifs is 2. The maximum Gasteiger partial charge on any atom is 0.231 e. The molecule has 1 saturated carbocycles. The van der Waals surface area contributed by atoms with Gasteiger partial charge in [-0.1, -0.05) is 30.1 Å². The van der Waals surface area contributed by atoms with Crippen LogP contribution in [0.15, 0.2) is 106 Å². The summed E-state index contributed by atoms with van der Waals surface area (Å²) >= 11 is 3.37. The van der Waals surface area contributed by atoms with Gasteiger partial charge in [0.25, 0.3) is 0 Å². The molecule has 2 aliphatic heterocycles. The summed E-state index contributed by atoms with van der Waals surface area (Å²) < 4.78 is 27.0. The Balaban J connectivity index is 1.38. The van der Waals surface area contributed by atoms with E-state index in [-0.39, 0.29) is 54.6 Å². The molecule has 59 heavy (non-hydrogen) atoms. The molecule has 3 N–H and O–H groups in total. The van der Waals surface area contributed by atoms with Crippen molar-refractivity contribution in [1.29, 1.82) is 0 Å². The number of benzene rings is 3. The number of amides is 1. The van der Waals surface area contributed by atoms with Gasteiger partial charge in [-0.3, -0.25) is 4.79 Å². The average Bonchev–Trinajstić information content (AvgIpc) is 3.25. The quantitative estimate of drug-likeness (QED) is 0.0465. The van der Waals surface area contributed by atoms with Crippen molar-refractivity contribution >= 4 is 40.8 Å². The number of nitrogens with one attached hydrogen (secondary N) is 1. The molecule has 3 aromatic rings. The highest BCUT2D eigenvalue weighted by atomic mass is 32.2. The van der Waals surface area contributed by atoms with Crippen LogP contribution in [0.2, 0.25) is 0 Å². The Labute approximate surface area is 357 Å². The summed E-state index contributed by atoms with van der Waals surface area (Å²) in [5, 5.41) is 27.4. The Hall–Kier alpha value is -3.78. The molecule has 0 spiro atoms. The van der Waals surface area contributed by atoms with E-state index in [1.165, 1.54) is 6.92 Å². The summed E-state index contributed by atoms with van der Waals surface area (Å²) in [5.41, 5.74) is 3.69. The lowest BCUT2D eigenvalue weighted by molar-refractivity contribution is -0.223. The smallest absolute Gasteiger partial charge is 0.231 e. The molecule has 2 fully saturated rings. The minimum atomic E-state index is -1.14. The summed E-state index contributed by atoms with van der Waals surface area (Å²) in [6.45, 7) is 6.75. The van der Waals surface area contributed by atoms with Gasteiger partial charge in [-0.25, -0.2) is 0 Å². The zero-order valence-corrected chi connectivity index (χ0v) is 35.8. The molecule has 0 aromatic heterocycles. The van der Waals surface area contributed by atoms with E-state index in [0.29, 0.717) is 19.4 Å². The van der Waals surface area contributed by atoms with Gasteiger partial charge >= 0.3 is 0 Å². The van der Waals surface area contributed by atoms with Crippen molar-refractivity contribution in [3.05, 3.63) is 96.6 Å². The van der Waals surface area contributed by atoms with Crippen molar-refractivity contribution in [3.8, 4) is 17.2 Å². The van der Waals surface area contributed by atoms with E-state index in [0.717, 1.165) is 101 Å². The van der Waals surface area contributed by atoms with Crippen molar-refractivity contribution in [1.82, 2.24) is 0 Å². The highest BCUT2D eigenvalue weighted by Crippen LogP contribution is 2.63. The first-order valence-electron chi connectivity index (χ1n) is 21.1. The van der Waals surface area contributed by atoms with Crippen LogP contribution in [0.1, 0.15) is 82.6 Å². The van der Waals surface area contributed by atoms with E-state index >= 15 is 0 Å². The topological polar surface area (TPSA) is 128 Å². The number of ether oxygens (including phenoxy) is 4. The highest BCUT2D eigenvalue weighted by molar-refractivity contribution is 8.00. The molecule has 316 valence electrons. The largest absolute Gasteiger partial charge is 0.460 e. The third kappa shape index (κ3) is 10.2. The van der Waals surface area contributed by atoms with Crippen LogP contribution in [0.4, 0.5) is 5.69 Å². The summed E-state index contributed by atoms with van der Waals surface area (Å²) in [6, 6.07) is 22.1. The highest BCUT2D eigenvalue weighted by Gasteiger charge is 2.64. The third-order valence-electron chi connectivity index (χ3n) is 11.8. The first-order chi connectivity index (χ1) is 28.8. The maximum atomic E-state index is 11.8. The Kier molecular flexibility index (Phi) is 15.2. The van der Waals surface area contributed by atoms with E-state index in [1.54, 1.807) is 29.6 Å². The maximum absolute atomic E-state index is 11.8. The number of aliphatic hydroxyl groups is 2. The summed E-state index contributed by atoms with van der Waals surface area (Å²) in [6.07, 6.45) is 14.1. The number of carbonyl (C=O) groups excluding carboxylic acids is 1. The van der Waals surface area contributed by atoms with Crippen molar-refractivity contribution < 1.29 is 38.8 Å². The van der Waals surface area contributed by atoms with Crippen molar-refractivity contribution in [3.63, 3.8) is 0 Å². The molecule has 3 aromatic carbocycles. The molecule has 1 unspecified atom stereocenters. The first-order valence-corrected chi connectivity index (χ1v) is 23.2. The number of nitrogens with zero attached hydrogens (tertiary/aromatic N) is 1. The SMILES string of the molecule is C=CCO[C@@]12Oc3ccc(Oc4ccc(SC)cc4)cc3[C@H]3[C@H](CCCCO)[C@@H](CCCCO)C=C(C(=NOC4CCCCO4)C[C@@H]1Sc1ccc(NC(C)=O)cc1)[C@H]32. The monoisotopic (exact) mass is 842 g/mol. The first kappa shape index (κ1) is 43.3. The fraction of sp³-hybridized carbons (Fsp3) is 0.489. The van der Waals surface area contributed by atoms with Crippen LogP contribution in [0, 0.1) is 17.8 Å². The van der Waals surface area contributed by atoms with Gasteiger partial charge in [-0.2, -0.15) is 0 Å². The second-order valence-corrected chi connectivity index (χ2v) is 17.9. The van der Waals surface area contributed by atoms with Crippen LogP contribution in [0.25, 0.3) is 0 Å². The summed E-state index contributed by atoms with van der Waals surface area (Å²) in [4.78, 5) is 20.3. The Bertz CT molecular complexity index is 1930. The Morgan fingerprint density at radius 3 is 2.42 bits per heavy atom. The minimum Gasteiger partial charge on any atom is -0.460 e. The molecule has 4 aliphatic rings. The van der Waals surface area contributed by atoms with Gasteiger partial charge in [0.1, 0.15) is 17.2 Å². The van der Waals surface area contributed by atoms with Gasteiger partial charge < -0.3 is 39.3 Å². The number of oxime groups is 1. The third-order valence-corrected chi connectivity index (χ3v) is 13.9. The Morgan fingerprint density at radius 2 is 1.73 bits per heavy atom. The molecule has 7 atom stereocenters. The van der Waals surface area contributed by atoms with E-state index in [2.05, 4.69) is 42.4 Å². The molecular formula is C47H58N2O8S2. The number of unbranched alkanes of at least 4 members (excludes halogenated alkanes) is 2. The molecule has 2 heterocycles. The fourth-order valence-electron chi connectivity index (χ4n) is 9.17. The second-order valence-electron chi connectivity index (χ2n) is 15.7. The number of anilines is 1. The van der Waals surface area contributed by atoms with Crippen molar-refractivity contribution in [2.24, 2.45) is 22.9 Å². The summed E-state index contributed by atoms with van der Waals surface area (Å²) in [7, 11) is 0. The zero-order valence-electron chi connectivity index (χ0n) is 34.2. The molecule has 12 heteroatoms. The van der Waals surface area contributed by atoms with Crippen LogP contribution in [0.3, 0.4) is 0 Å². The zero-order chi connectivity index (χ0) is 41.2. The number of rotatable bonds is 19. The van der Waals surface area contributed by atoms with E-state index in [4.69, 9.17) is 28.9 Å². The molecule has 7 rings (SSSR count). The molecule has 0 radical (unpaired) electrons. The lowest BCUT2D eigenvalue weighted by atomic mass is 9.56. The number of hydrogen-bond donors (Lipinski definition) is 3. The predicted octanol–water partition coefficient (Wildman–Crippen LogP) is 10.1. The molecule has 1 amide bonds. The number of carbonyl (C=O) groups is 1. The number of thioether (sulfide) groups is 2. The number of aliphatic hydroxyl groups excluding tert-OH is 2. The lowest BCUT2D eigenvalue weighted by Crippen LogP contribution is -2.64. The Morgan fingerprint density at radius 1 is 0.983 bits per heavy atom. The van der Waals surface area contributed by atoms with Gasteiger partial charge in [-0.05, 0) is 129 Å². The molecule has 1 saturated heterocycles. The molecule has 0 bridgehead atoms. The van der Waals surface area contributed by atoms with Crippen LogP contribution >= 0.6 is 23.5 Å². The van der Waals surface area contributed by atoms with E-state index in [1.807, 2.05) is 48.5 Å². The van der Waals surface area contributed by atoms with Gasteiger partial charge in [0, 0.05) is 59.9 Å². The molecule has 2 aliphatic carbocycles. The second kappa shape index (κ2) is 20.7. The summed E-state index contributed by atoms with van der Waals surface area (Å²) in [5.74, 6) is 0.905. The van der Waals surface area contributed by atoms with Gasteiger partial charge in [0.2, 0.25) is 18.0 Å². The van der Waals surface area contributed by atoms with Gasteiger partial charge in [0.05, 0.1) is 30.1 Å². The van der Waals surface area contributed by atoms with Gasteiger partial charge in [-0.15, -0.1) is 30.1 Å². The molecule has 10 nitrogen and oxygen atoms in total. The normalized spacial score (nSPS) is 26.5. The molecular weight excluding hydrogens is 785 g/mol. The van der Waals surface area contributed by atoms with Crippen LogP contribution in [-0.2, 0) is 19.1 Å². The predicted molar refractivity (Wildman–Crippen MR) is 235 cm³/mol. The standard InChI is InChI=1S/C47H58N2O8S2/c1-4-26-54-47-43(59-37-19-14-33(15-20-37)48-31(2)52)30-41(49-57-44-13-7-10-27-53-44)39-28-32(11-5-8-24-50)38(12-6-9-25-51)45(46(39)47)40-29-35(18-23-42(40)56-47)55-34-16-21-36(58-3)22-17-34/h4,14-23,28-29,32,38,43-46,50-51H,1,5-13,24-27,30H2,2-3H3,(H,48,52)/t32-,38+,43-,44?,45+,46+,47+/m0/s1. The van der Waals surface area contributed by atoms with Crippen LogP contribution < -0.4 is 14.8 Å².